The molecule has 0 saturated carbocycles. The second-order valence-electron chi connectivity index (χ2n) is 5.59. The highest BCUT2D eigenvalue weighted by Crippen LogP contribution is 2.34. The fourth-order valence-electron chi connectivity index (χ4n) is 2.90. The summed E-state index contributed by atoms with van der Waals surface area (Å²) in [5, 5.41) is 8.14. The summed E-state index contributed by atoms with van der Waals surface area (Å²) < 4.78 is 4.84. The molecule has 0 aliphatic rings. The molecule has 1 heterocycles. The number of para-hydroxylation sites is 1. The van der Waals surface area contributed by atoms with E-state index in [2.05, 4.69) is 27.8 Å². The lowest BCUT2D eigenvalue weighted by Crippen LogP contribution is -2.34. The molecule has 1 amide bonds. The van der Waals surface area contributed by atoms with Gasteiger partial charge in [0.15, 0.2) is 5.11 Å². The van der Waals surface area contributed by atoms with Gasteiger partial charge < -0.3 is 15.0 Å². The number of aryl methyl sites for hydroxylation is 2. The van der Waals surface area contributed by atoms with Crippen LogP contribution in [0.4, 0.5) is 10.5 Å². The number of ether oxygens (including phenoxy) is 1. The number of hydrogen-bond acceptors (Lipinski definition) is 3. The number of carbonyl (C=O) groups excluding carboxylic acids is 1. The van der Waals surface area contributed by atoms with Crippen molar-refractivity contribution in [2.45, 2.75) is 20.8 Å². The van der Waals surface area contributed by atoms with E-state index in [0.717, 1.165) is 33.2 Å². The molecule has 3 aromatic rings. The van der Waals surface area contributed by atoms with E-state index in [1.54, 1.807) is 6.92 Å². The number of fused-ring (bicyclic) bond motifs is 3. The lowest BCUT2D eigenvalue weighted by molar-refractivity contribution is 0.158. The molecule has 0 spiro atoms. The third-order valence-electron chi connectivity index (χ3n) is 3.98. The molecule has 1 aromatic heterocycles. The van der Waals surface area contributed by atoms with Crippen molar-refractivity contribution in [3.05, 3.63) is 41.5 Å². The van der Waals surface area contributed by atoms with Crippen LogP contribution in [0.5, 0.6) is 0 Å². The molecular formula is C18H19N3O2S. The van der Waals surface area contributed by atoms with Gasteiger partial charge in [-0.15, -0.1) is 0 Å². The van der Waals surface area contributed by atoms with Gasteiger partial charge in [0.1, 0.15) is 0 Å². The number of aromatic nitrogens is 1. The zero-order valence-electron chi connectivity index (χ0n) is 13.8. The van der Waals surface area contributed by atoms with Gasteiger partial charge in [0.2, 0.25) is 0 Å². The number of hydrogen-bond donors (Lipinski definition) is 3. The minimum absolute atomic E-state index is 0.218. The van der Waals surface area contributed by atoms with Gasteiger partial charge in [0.05, 0.1) is 6.61 Å². The molecule has 0 saturated heterocycles. The molecular weight excluding hydrogens is 322 g/mol. The maximum absolute atomic E-state index is 11.5. The summed E-state index contributed by atoms with van der Waals surface area (Å²) >= 11 is 5.20. The van der Waals surface area contributed by atoms with E-state index in [4.69, 9.17) is 17.0 Å². The zero-order chi connectivity index (χ0) is 17.3. The molecule has 0 atom stereocenters. The highest BCUT2D eigenvalue weighted by Gasteiger charge is 2.14. The summed E-state index contributed by atoms with van der Waals surface area (Å²) in [6, 6.07) is 10.2. The first kappa shape index (κ1) is 16.3. The molecule has 0 fully saturated rings. The van der Waals surface area contributed by atoms with Crippen LogP contribution in [0.15, 0.2) is 30.3 Å². The van der Waals surface area contributed by atoms with Crippen molar-refractivity contribution in [3.63, 3.8) is 0 Å². The Bertz CT molecular complexity index is 946. The van der Waals surface area contributed by atoms with Gasteiger partial charge in [-0.05, 0) is 56.2 Å². The van der Waals surface area contributed by atoms with Crippen LogP contribution in [0.25, 0.3) is 21.8 Å². The van der Waals surface area contributed by atoms with E-state index in [1.807, 2.05) is 32.0 Å². The lowest BCUT2D eigenvalue weighted by atomic mass is 10.0. The Morgan fingerprint density at radius 3 is 2.79 bits per heavy atom. The van der Waals surface area contributed by atoms with Crippen molar-refractivity contribution >= 4 is 50.9 Å². The molecule has 24 heavy (non-hydrogen) atoms. The van der Waals surface area contributed by atoms with Crippen LogP contribution < -0.4 is 10.6 Å². The van der Waals surface area contributed by atoms with E-state index in [1.165, 1.54) is 5.39 Å². The van der Waals surface area contributed by atoms with E-state index in [0.29, 0.717) is 6.61 Å². The number of aromatic amines is 1. The van der Waals surface area contributed by atoms with Gasteiger partial charge in [-0.25, -0.2) is 4.79 Å². The van der Waals surface area contributed by atoms with Gasteiger partial charge in [-0.3, -0.25) is 5.32 Å². The molecule has 2 aromatic carbocycles. The van der Waals surface area contributed by atoms with Gasteiger partial charge in [-0.1, -0.05) is 18.2 Å². The number of anilines is 1. The van der Waals surface area contributed by atoms with E-state index in [-0.39, 0.29) is 5.11 Å². The average Bonchev–Trinajstić information content (AvgIpc) is 2.92. The Hall–Kier alpha value is -2.60. The highest BCUT2D eigenvalue weighted by atomic mass is 32.1. The molecule has 3 N–H and O–H groups in total. The summed E-state index contributed by atoms with van der Waals surface area (Å²) in [4.78, 5) is 14.9. The molecule has 0 radical (unpaired) electrons. The van der Waals surface area contributed by atoms with Gasteiger partial charge in [0, 0.05) is 27.5 Å². The number of rotatable bonds is 2. The SMILES string of the molecule is CCOC(=O)NC(=S)Nc1cc(C)c2[nH]c3ccccc3c2c1C. The van der Waals surface area contributed by atoms with E-state index >= 15 is 0 Å². The van der Waals surface area contributed by atoms with Crippen LogP contribution in [-0.4, -0.2) is 22.8 Å². The monoisotopic (exact) mass is 341 g/mol. The molecule has 0 aliphatic heterocycles. The van der Waals surface area contributed by atoms with Crippen molar-refractivity contribution in [2.24, 2.45) is 0 Å². The second kappa shape index (κ2) is 6.49. The molecule has 5 nitrogen and oxygen atoms in total. The topological polar surface area (TPSA) is 66.2 Å². The van der Waals surface area contributed by atoms with Crippen molar-refractivity contribution in [3.8, 4) is 0 Å². The first-order valence-electron chi connectivity index (χ1n) is 7.76. The summed E-state index contributed by atoms with van der Waals surface area (Å²) in [7, 11) is 0. The standard InChI is InChI=1S/C18H19N3O2S/c1-4-23-18(22)21-17(24)20-14-9-10(2)16-15(11(14)3)12-7-5-6-8-13(12)19-16/h5-9,19H,4H2,1-3H3,(H2,20,21,22,24). The summed E-state index contributed by atoms with van der Waals surface area (Å²) in [5.41, 5.74) is 5.26. The zero-order valence-corrected chi connectivity index (χ0v) is 14.6. The summed E-state index contributed by atoms with van der Waals surface area (Å²) in [6.45, 7) is 6.13. The Labute approximate surface area is 145 Å². The minimum atomic E-state index is -0.558. The van der Waals surface area contributed by atoms with Crippen molar-refractivity contribution in [2.75, 3.05) is 11.9 Å². The maximum atomic E-state index is 11.5. The van der Waals surface area contributed by atoms with Crippen LogP contribution in [0.2, 0.25) is 0 Å². The van der Waals surface area contributed by atoms with Gasteiger partial charge >= 0.3 is 6.09 Å². The van der Waals surface area contributed by atoms with Crippen molar-refractivity contribution in [1.82, 2.24) is 10.3 Å². The van der Waals surface area contributed by atoms with Crippen LogP contribution >= 0.6 is 12.2 Å². The van der Waals surface area contributed by atoms with Gasteiger partial charge in [-0.2, -0.15) is 0 Å². The number of H-pyrrole nitrogens is 1. The largest absolute Gasteiger partial charge is 0.450 e. The molecule has 0 bridgehead atoms. The highest BCUT2D eigenvalue weighted by molar-refractivity contribution is 7.80. The number of benzene rings is 2. The Balaban J connectivity index is 2.00. The number of thiocarbonyl (C=S) groups is 1. The Morgan fingerprint density at radius 1 is 1.29 bits per heavy atom. The third kappa shape index (κ3) is 2.92. The fourth-order valence-corrected chi connectivity index (χ4v) is 3.10. The summed E-state index contributed by atoms with van der Waals surface area (Å²) in [5.74, 6) is 0. The van der Waals surface area contributed by atoms with Crippen LogP contribution in [0.3, 0.4) is 0 Å². The smallest absolute Gasteiger partial charge is 0.413 e. The van der Waals surface area contributed by atoms with Crippen molar-refractivity contribution < 1.29 is 9.53 Å². The van der Waals surface area contributed by atoms with E-state index < -0.39 is 6.09 Å². The molecule has 0 aliphatic carbocycles. The Morgan fingerprint density at radius 2 is 2.04 bits per heavy atom. The quantitative estimate of drug-likeness (QED) is 0.605. The second-order valence-corrected chi connectivity index (χ2v) is 5.99. The normalized spacial score (nSPS) is 10.8. The lowest BCUT2D eigenvalue weighted by Gasteiger charge is -2.14. The van der Waals surface area contributed by atoms with Crippen LogP contribution in [-0.2, 0) is 4.74 Å². The first-order valence-corrected chi connectivity index (χ1v) is 8.17. The van der Waals surface area contributed by atoms with Gasteiger partial charge in [0.25, 0.3) is 0 Å². The number of nitrogens with one attached hydrogen (secondary N) is 3. The molecule has 6 heteroatoms. The Kier molecular flexibility index (Phi) is 4.40. The molecule has 124 valence electrons. The van der Waals surface area contributed by atoms with Crippen molar-refractivity contribution in [1.29, 1.82) is 0 Å². The van der Waals surface area contributed by atoms with Crippen LogP contribution in [0.1, 0.15) is 18.1 Å². The molecule has 0 unspecified atom stereocenters. The number of alkyl carbamates (subject to hydrolysis) is 1. The number of carbonyl (C=O) groups is 1. The maximum Gasteiger partial charge on any atom is 0.413 e. The fraction of sp³-hybridized carbons (Fsp3) is 0.222. The third-order valence-corrected chi connectivity index (χ3v) is 4.18. The predicted molar refractivity (Wildman–Crippen MR) is 102 cm³/mol. The number of amides is 1. The van der Waals surface area contributed by atoms with Crippen LogP contribution in [0, 0.1) is 13.8 Å². The predicted octanol–water partition coefficient (Wildman–Crippen LogP) is 4.38. The first-order chi connectivity index (χ1) is 11.5. The average molecular weight is 341 g/mol. The summed E-state index contributed by atoms with van der Waals surface area (Å²) in [6.07, 6.45) is -0.558. The minimum Gasteiger partial charge on any atom is -0.450 e. The molecule has 3 rings (SSSR count). The van der Waals surface area contributed by atoms with E-state index in [9.17, 15) is 4.79 Å².